The fraction of sp³-hybridized carbons (Fsp3) is 0.714. The Hall–Kier alpha value is -0.370. The van der Waals surface area contributed by atoms with Crippen molar-refractivity contribution < 1.29 is 0 Å². The van der Waals surface area contributed by atoms with Gasteiger partial charge in [0.1, 0.15) is 0 Å². The lowest BCUT2D eigenvalue weighted by Crippen LogP contribution is -2.39. The van der Waals surface area contributed by atoms with Crippen LogP contribution in [0.2, 0.25) is 0 Å². The largest absolute Gasteiger partial charge is 0.356 e. The van der Waals surface area contributed by atoms with Gasteiger partial charge in [0.05, 0.1) is 10.7 Å². The summed E-state index contributed by atoms with van der Waals surface area (Å²) < 4.78 is 0. The van der Waals surface area contributed by atoms with Gasteiger partial charge in [-0.1, -0.05) is 13.8 Å². The van der Waals surface area contributed by atoms with Crippen LogP contribution in [0.5, 0.6) is 0 Å². The molecule has 0 bridgehead atoms. The van der Waals surface area contributed by atoms with Crippen molar-refractivity contribution in [3.05, 3.63) is 16.1 Å². The van der Waals surface area contributed by atoms with Crippen LogP contribution < -0.4 is 10.6 Å². The van der Waals surface area contributed by atoms with E-state index in [1.807, 2.05) is 7.05 Å². The van der Waals surface area contributed by atoms with Crippen molar-refractivity contribution in [2.24, 2.45) is 10.9 Å². The minimum Gasteiger partial charge on any atom is -0.356 e. The third-order valence-electron chi connectivity index (χ3n) is 3.22. The van der Waals surface area contributed by atoms with E-state index in [-0.39, 0.29) is 24.0 Å². The number of aromatic nitrogens is 1. The third kappa shape index (κ3) is 5.95. The molecule has 20 heavy (non-hydrogen) atoms. The molecule has 0 aromatic carbocycles. The molecule has 0 atom stereocenters. The highest BCUT2D eigenvalue weighted by atomic mass is 127. The van der Waals surface area contributed by atoms with Crippen molar-refractivity contribution in [2.45, 2.75) is 39.0 Å². The lowest BCUT2D eigenvalue weighted by Gasteiger charge is -2.10. The van der Waals surface area contributed by atoms with E-state index in [1.165, 1.54) is 23.5 Å². The Bertz CT molecular complexity index is 427. The van der Waals surface area contributed by atoms with Crippen LogP contribution >= 0.6 is 35.3 Å². The molecule has 1 aromatic rings. The summed E-state index contributed by atoms with van der Waals surface area (Å²) in [5.41, 5.74) is 1.18. The van der Waals surface area contributed by atoms with Crippen LogP contribution in [0, 0.1) is 5.92 Å². The first kappa shape index (κ1) is 17.7. The Morgan fingerprint density at radius 2 is 2.20 bits per heavy atom. The van der Waals surface area contributed by atoms with Crippen LogP contribution in [0.25, 0.3) is 0 Å². The maximum atomic E-state index is 4.63. The van der Waals surface area contributed by atoms with Crippen LogP contribution in [0.3, 0.4) is 0 Å². The van der Waals surface area contributed by atoms with Gasteiger partial charge < -0.3 is 10.6 Å². The first-order valence-corrected chi connectivity index (χ1v) is 7.95. The molecule has 1 aliphatic carbocycles. The van der Waals surface area contributed by atoms with Gasteiger partial charge in [-0.25, -0.2) is 4.98 Å². The standard InChI is InChI=1S/C14H24N4S.HI/c1-10(2)13-18-12(9-19-13)6-7-16-14(15-3)17-8-11-4-5-11;/h9-11H,4-8H2,1-3H3,(H2,15,16,17);1H. The van der Waals surface area contributed by atoms with Gasteiger partial charge in [0.2, 0.25) is 0 Å². The smallest absolute Gasteiger partial charge is 0.190 e. The van der Waals surface area contributed by atoms with E-state index in [0.717, 1.165) is 31.4 Å². The van der Waals surface area contributed by atoms with Crippen LogP contribution in [-0.4, -0.2) is 31.1 Å². The Morgan fingerprint density at radius 3 is 2.75 bits per heavy atom. The molecule has 1 aliphatic rings. The summed E-state index contributed by atoms with van der Waals surface area (Å²) in [5, 5.41) is 10.1. The number of nitrogens with zero attached hydrogens (tertiary/aromatic N) is 2. The van der Waals surface area contributed by atoms with Crippen LogP contribution in [0.15, 0.2) is 10.4 Å². The molecule has 1 aromatic heterocycles. The van der Waals surface area contributed by atoms with Crippen LogP contribution in [0.4, 0.5) is 0 Å². The first-order chi connectivity index (χ1) is 9.19. The molecule has 0 radical (unpaired) electrons. The molecule has 114 valence electrons. The number of aliphatic imine (C=N–C) groups is 1. The second-order valence-corrected chi connectivity index (χ2v) is 6.29. The normalized spacial score (nSPS) is 15.1. The number of halogens is 1. The van der Waals surface area contributed by atoms with Gasteiger partial charge in [-0.15, -0.1) is 35.3 Å². The first-order valence-electron chi connectivity index (χ1n) is 7.08. The summed E-state index contributed by atoms with van der Waals surface area (Å²) >= 11 is 1.76. The molecule has 0 amide bonds. The predicted octanol–water partition coefficient (Wildman–Crippen LogP) is 3.00. The lowest BCUT2D eigenvalue weighted by molar-refractivity contribution is 0.730. The van der Waals surface area contributed by atoms with Crippen LogP contribution in [0.1, 0.15) is 43.3 Å². The maximum Gasteiger partial charge on any atom is 0.190 e. The van der Waals surface area contributed by atoms with E-state index in [0.29, 0.717) is 5.92 Å². The molecule has 1 heterocycles. The molecular formula is C14H25IN4S. The van der Waals surface area contributed by atoms with Crippen LogP contribution in [-0.2, 0) is 6.42 Å². The fourth-order valence-corrected chi connectivity index (χ4v) is 2.66. The average Bonchev–Trinajstić information content (AvgIpc) is 3.10. The minimum atomic E-state index is 0. The molecule has 0 saturated heterocycles. The fourth-order valence-electron chi connectivity index (χ4n) is 1.80. The SMILES string of the molecule is CN=C(NCCc1csc(C(C)C)n1)NCC1CC1.I. The lowest BCUT2D eigenvalue weighted by atomic mass is 10.2. The number of hydrogen-bond acceptors (Lipinski definition) is 3. The number of thiazole rings is 1. The molecular weight excluding hydrogens is 383 g/mol. The quantitative estimate of drug-likeness (QED) is 0.432. The number of guanidine groups is 1. The average molecular weight is 408 g/mol. The predicted molar refractivity (Wildman–Crippen MR) is 97.4 cm³/mol. The summed E-state index contributed by atoms with van der Waals surface area (Å²) in [6, 6.07) is 0. The monoisotopic (exact) mass is 408 g/mol. The van der Waals surface area contributed by atoms with Crippen molar-refractivity contribution in [3.63, 3.8) is 0 Å². The molecule has 1 fully saturated rings. The highest BCUT2D eigenvalue weighted by Gasteiger charge is 2.20. The Labute approximate surface area is 142 Å². The summed E-state index contributed by atoms with van der Waals surface area (Å²) in [7, 11) is 1.82. The summed E-state index contributed by atoms with van der Waals surface area (Å²) in [6.45, 7) is 6.30. The molecule has 6 heteroatoms. The molecule has 2 N–H and O–H groups in total. The van der Waals surface area contributed by atoms with E-state index in [4.69, 9.17) is 0 Å². The van der Waals surface area contributed by atoms with Crippen molar-refractivity contribution in [1.82, 2.24) is 15.6 Å². The van der Waals surface area contributed by atoms with E-state index in [2.05, 4.69) is 39.8 Å². The number of nitrogens with one attached hydrogen (secondary N) is 2. The summed E-state index contributed by atoms with van der Waals surface area (Å²) in [4.78, 5) is 8.86. The van der Waals surface area contributed by atoms with E-state index < -0.39 is 0 Å². The highest BCUT2D eigenvalue weighted by Crippen LogP contribution is 2.27. The van der Waals surface area contributed by atoms with Crippen molar-refractivity contribution >= 4 is 41.3 Å². The Kier molecular flexibility index (Phi) is 7.79. The van der Waals surface area contributed by atoms with Gasteiger partial charge in [-0.3, -0.25) is 4.99 Å². The topological polar surface area (TPSA) is 49.3 Å². The second kappa shape index (κ2) is 8.81. The number of hydrogen-bond donors (Lipinski definition) is 2. The second-order valence-electron chi connectivity index (χ2n) is 5.41. The zero-order valence-corrected chi connectivity index (χ0v) is 15.6. The maximum absolute atomic E-state index is 4.63. The molecule has 0 aliphatic heterocycles. The van der Waals surface area contributed by atoms with Crippen molar-refractivity contribution in [2.75, 3.05) is 20.1 Å². The van der Waals surface area contributed by atoms with Crippen molar-refractivity contribution in [1.29, 1.82) is 0 Å². The zero-order chi connectivity index (χ0) is 13.7. The summed E-state index contributed by atoms with van der Waals surface area (Å²) in [5.74, 6) is 2.30. The van der Waals surface area contributed by atoms with Gasteiger partial charge in [0.25, 0.3) is 0 Å². The van der Waals surface area contributed by atoms with Gasteiger partial charge in [-0.2, -0.15) is 0 Å². The molecule has 0 unspecified atom stereocenters. The Balaban J connectivity index is 0.00000200. The highest BCUT2D eigenvalue weighted by molar-refractivity contribution is 14.0. The van der Waals surface area contributed by atoms with Gasteiger partial charge in [0, 0.05) is 37.9 Å². The van der Waals surface area contributed by atoms with Gasteiger partial charge in [-0.05, 0) is 18.8 Å². The zero-order valence-electron chi connectivity index (χ0n) is 12.5. The van der Waals surface area contributed by atoms with Crippen molar-refractivity contribution in [3.8, 4) is 0 Å². The molecule has 1 saturated carbocycles. The van der Waals surface area contributed by atoms with Gasteiger partial charge in [0.15, 0.2) is 5.96 Å². The summed E-state index contributed by atoms with van der Waals surface area (Å²) in [6.07, 6.45) is 3.68. The van der Waals surface area contributed by atoms with Gasteiger partial charge >= 0.3 is 0 Å². The molecule has 0 spiro atoms. The molecule has 4 nitrogen and oxygen atoms in total. The van der Waals surface area contributed by atoms with E-state index in [9.17, 15) is 0 Å². The van der Waals surface area contributed by atoms with E-state index >= 15 is 0 Å². The molecule has 2 rings (SSSR count). The minimum absolute atomic E-state index is 0. The Morgan fingerprint density at radius 1 is 1.45 bits per heavy atom. The number of rotatable bonds is 6. The van der Waals surface area contributed by atoms with E-state index in [1.54, 1.807) is 11.3 Å². The third-order valence-corrected chi connectivity index (χ3v) is 4.41.